The van der Waals surface area contributed by atoms with E-state index >= 15 is 0 Å². The topological polar surface area (TPSA) is 59.8 Å². The number of hydrogen-bond acceptors (Lipinski definition) is 5. The molecule has 2 aliphatic heterocycles. The molecule has 3 heterocycles. The summed E-state index contributed by atoms with van der Waals surface area (Å²) in [6.07, 6.45) is 1.39. The monoisotopic (exact) mass is 552 g/mol. The smallest absolute Gasteiger partial charge is 0.409 e. The molecule has 0 aliphatic carbocycles. The van der Waals surface area contributed by atoms with E-state index in [0.29, 0.717) is 23.1 Å². The second kappa shape index (κ2) is 12.2. The summed E-state index contributed by atoms with van der Waals surface area (Å²) in [7, 11) is 1.42. The van der Waals surface area contributed by atoms with Crippen molar-refractivity contribution in [2.75, 3.05) is 46.5 Å². The molecule has 2 aliphatic rings. The van der Waals surface area contributed by atoms with E-state index in [9.17, 15) is 4.79 Å². The van der Waals surface area contributed by atoms with Crippen LogP contribution in [0.15, 0.2) is 42.5 Å². The number of carbonyl (C=O) groups excluding carboxylic acids is 1. The highest BCUT2D eigenvalue weighted by Gasteiger charge is 2.28. The van der Waals surface area contributed by atoms with E-state index < -0.39 is 0 Å². The van der Waals surface area contributed by atoms with Crippen molar-refractivity contribution >= 4 is 29.3 Å². The minimum atomic E-state index is -0.327. The third kappa shape index (κ3) is 6.16. The van der Waals surface area contributed by atoms with E-state index in [1.165, 1.54) is 12.8 Å². The summed E-state index contributed by atoms with van der Waals surface area (Å²) in [4.78, 5) is 16.5. The fourth-order valence-corrected chi connectivity index (χ4v) is 5.19. The molecule has 0 spiro atoms. The van der Waals surface area contributed by atoms with Crippen LogP contribution in [-0.2, 0) is 29.0 Å². The van der Waals surface area contributed by atoms with Crippen LogP contribution in [0.3, 0.4) is 0 Å². The normalized spacial score (nSPS) is 15.5. The van der Waals surface area contributed by atoms with Crippen LogP contribution >= 0.6 is 23.2 Å². The molecule has 1 fully saturated rings. The molecule has 9 heteroatoms. The molecular weight excluding hydrogens is 523 g/mol. The third-order valence-corrected chi connectivity index (χ3v) is 7.52. The molecular formula is C29H30Cl2N4O3. The van der Waals surface area contributed by atoms with E-state index in [0.717, 1.165) is 80.2 Å². The number of aryl methyl sites for hydroxylation is 1. The van der Waals surface area contributed by atoms with Gasteiger partial charge in [-0.1, -0.05) is 41.1 Å². The van der Waals surface area contributed by atoms with Gasteiger partial charge in [0.1, 0.15) is 0 Å². The lowest BCUT2D eigenvalue weighted by Crippen LogP contribution is -2.37. The van der Waals surface area contributed by atoms with Gasteiger partial charge in [-0.15, -0.1) is 0 Å². The molecule has 5 rings (SSSR count). The van der Waals surface area contributed by atoms with E-state index in [2.05, 4.69) is 21.4 Å². The summed E-state index contributed by atoms with van der Waals surface area (Å²) in [5, 5.41) is 6.29. The maximum atomic E-state index is 12.3. The predicted octanol–water partition coefficient (Wildman–Crippen LogP) is 5.10. The van der Waals surface area contributed by atoms with Gasteiger partial charge in [0.25, 0.3) is 0 Å². The number of carbonyl (C=O) groups is 1. The average molecular weight is 553 g/mol. The van der Waals surface area contributed by atoms with Gasteiger partial charge in [-0.2, -0.15) is 5.10 Å². The molecule has 1 amide bonds. The van der Waals surface area contributed by atoms with Crippen molar-refractivity contribution in [3.05, 3.63) is 74.9 Å². The molecule has 1 saturated heterocycles. The van der Waals surface area contributed by atoms with E-state index in [1.54, 1.807) is 4.90 Å². The molecule has 3 aromatic rings. The Morgan fingerprint density at radius 2 is 1.84 bits per heavy atom. The Bertz CT molecular complexity index is 1350. The minimum absolute atomic E-state index is 0.327. The van der Waals surface area contributed by atoms with Gasteiger partial charge in [-0.3, -0.25) is 9.58 Å². The third-order valence-electron chi connectivity index (χ3n) is 6.94. The van der Waals surface area contributed by atoms with Crippen LogP contribution in [0.5, 0.6) is 0 Å². The first-order valence-electron chi connectivity index (χ1n) is 12.8. The first-order chi connectivity index (χ1) is 18.5. The SMILES string of the molecule is COC(=O)N1CCc2c(c(-c3ccc(Cl)c(C#Cc4ccc(Cl)cc4)c3)nn2CCCN2CCOCC2)C1. The Morgan fingerprint density at radius 3 is 2.61 bits per heavy atom. The van der Waals surface area contributed by atoms with Gasteiger partial charge in [0.15, 0.2) is 0 Å². The summed E-state index contributed by atoms with van der Waals surface area (Å²) in [5.74, 6) is 6.35. The van der Waals surface area contributed by atoms with Crippen molar-refractivity contribution in [3.63, 3.8) is 0 Å². The Morgan fingerprint density at radius 1 is 1.05 bits per heavy atom. The Labute approximate surface area is 233 Å². The number of fused-ring (bicyclic) bond motifs is 1. The fraction of sp³-hybridized carbons (Fsp3) is 0.379. The molecule has 2 aromatic carbocycles. The van der Waals surface area contributed by atoms with Gasteiger partial charge in [0.05, 0.1) is 37.6 Å². The average Bonchev–Trinajstić information content (AvgIpc) is 3.31. The molecule has 198 valence electrons. The molecule has 0 N–H and O–H groups in total. The Kier molecular flexibility index (Phi) is 8.55. The summed E-state index contributed by atoms with van der Waals surface area (Å²) in [6.45, 7) is 6.42. The standard InChI is InChI=1S/C29H30Cl2N4O3/c1-37-29(36)34-14-11-27-25(20-34)28(32-35(27)13-2-12-33-15-17-38-18-16-33)23-7-10-26(31)22(19-23)6-3-21-4-8-24(30)9-5-21/h4-5,7-10,19H,2,11-18,20H2,1H3. The molecule has 0 unspecified atom stereocenters. The number of methoxy groups -OCH3 is 1. The summed E-state index contributed by atoms with van der Waals surface area (Å²) in [6, 6.07) is 13.2. The van der Waals surface area contributed by atoms with Crippen LogP contribution in [0.25, 0.3) is 11.3 Å². The first kappa shape index (κ1) is 26.6. The fourth-order valence-electron chi connectivity index (χ4n) is 4.90. The van der Waals surface area contributed by atoms with Gasteiger partial charge in [-0.25, -0.2) is 4.79 Å². The van der Waals surface area contributed by atoms with Crippen molar-refractivity contribution in [1.82, 2.24) is 19.6 Å². The highest BCUT2D eigenvalue weighted by atomic mass is 35.5. The van der Waals surface area contributed by atoms with Gasteiger partial charge < -0.3 is 14.4 Å². The van der Waals surface area contributed by atoms with Crippen LogP contribution in [0.2, 0.25) is 10.0 Å². The molecule has 0 atom stereocenters. The van der Waals surface area contributed by atoms with Crippen molar-refractivity contribution in [1.29, 1.82) is 0 Å². The number of benzene rings is 2. The van der Waals surface area contributed by atoms with Gasteiger partial charge in [-0.05, 0) is 42.8 Å². The number of morpholine rings is 1. The number of hydrogen-bond donors (Lipinski definition) is 0. The quantitative estimate of drug-likeness (QED) is 0.412. The van der Waals surface area contributed by atoms with Crippen LogP contribution in [0.1, 0.15) is 28.8 Å². The maximum Gasteiger partial charge on any atom is 0.409 e. The van der Waals surface area contributed by atoms with E-state index in [1.807, 2.05) is 42.5 Å². The number of amides is 1. The second-order valence-electron chi connectivity index (χ2n) is 9.40. The number of aromatic nitrogens is 2. The largest absolute Gasteiger partial charge is 0.453 e. The minimum Gasteiger partial charge on any atom is -0.453 e. The zero-order valence-electron chi connectivity index (χ0n) is 21.4. The summed E-state index contributed by atoms with van der Waals surface area (Å²) >= 11 is 12.5. The Balaban J connectivity index is 1.44. The van der Waals surface area contributed by atoms with Crippen molar-refractivity contribution in [2.45, 2.75) is 25.9 Å². The van der Waals surface area contributed by atoms with Crippen molar-refractivity contribution < 1.29 is 14.3 Å². The predicted molar refractivity (Wildman–Crippen MR) is 148 cm³/mol. The molecule has 0 saturated carbocycles. The second-order valence-corrected chi connectivity index (χ2v) is 10.2. The number of rotatable bonds is 5. The zero-order valence-corrected chi connectivity index (χ0v) is 22.9. The number of halogens is 2. The van der Waals surface area contributed by atoms with Crippen LogP contribution < -0.4 is 0 Å². The van der Waals surface area contributed by atoms with Gasteiger partial charge in [0, 0.05) is 72.1 Å². The van der Waals surface area contributed by atoms with Crippen LogP contribution in [0, 0.1) is 11.8 Å². The highest BCUT2D eigenvalue weighted by Crippen LogP contribution is 2.32. The maximum absolute atomic E-state index is 12.3. The molecule has 7 nitrogen and oxygen atoms in total. The van der Waals surface area contributed by atoms with Crippen molar-refractivity contribution in [3.8, 4) is 23.1 Å². The Hall–Kier alpha value is -3.02. The molecule has 0 radical (unpaired) electrons. The number of nitrogens with zero attached hydrogens (tertiary/aromatic N) is 4. The lowest BCUT2D eigenvalue weighted by molar-refractivity contribution is 0.0368. The summed E-state index contributed by atoms with van der Waals surface area (Å²) < 4.78 is 12.6. The molecule has 1 aromatic heterocycles. The van der Waals surface area contributed by atoms with E-state index in [-0.39, 0.29) is 6.09 Å². The van der Waals surface area contributed by atoms with Crippen LogP contribution in [-0.4, -0.2) is 72.2 Å². The number of ether oxygens (including phenoxy) is 2. The van der Waals surface area contributed by atoms with Gasteiger partial charge >= 0.3 is 6.09 Å². The van der Waals surface area contributed by atoms with E-state index in [4.69, 9.17) is 37.8 Å². The van der Waals surface area contributed by atoms with Gasteiger partial charge in [0.2, 0.25) is 0 Å². The van der Waals surface area contributed by atoms with Crippen molar-refractivity contribution in [2.24, 2.45) is 0 Å². The lowest BCUT2D eigenvalue weighted by atomic mass is 9.99. The molecule has 0 bridgehead atoms. The zero-order chi connectivity index (χ0) is 26.5. The lowest BCUT2D eigenvalue weighted by Gasteiger charge is -2.27. The van der Waals surface area contributed by atoms with Crippen LogP contribution in [0.4, 0.5) is 4.79 Å². The summed E-state index contributed by atoms with van der Waals surface area (Å²) in [5.41, 5.74) is 5.57. The first-order valence-corrected chi connectivity index (χ1v) is 13.6. The highest BCUT2D eigenvalue weighted by molar-refractivity contribution is 6.32. The molecule has 38 heavy (non-hydrogen) atoms.